The van der Waals surface area contributed by atoms with Crippen molar-refractivity contribution < 1.29 is 14.5 Å². The second kappa shape index (κ2) is 9.46. The number of anilines is 2. The molecule has 3 rings (SSSR count). The normalized spacial score (nSPS) is 10.6. The van der Waals surface area contributed by atoms with E-state index in [2.05, 4.69) is 15.6 Å². The van der Waals surface area contributed by atoms with E-state index in [1.807, 2.05) is 18.2 Å². The Hall–Kier alpha value is -3.01. The molecule has 3 aromatic rings. The number of carbonyl (C=O) groups excluding carboxylic acids is 1. The zero-order chi connectivity index (χ0) is 20.8. The first-order chi connectivity index (χ1) is 14.0. The number of nitro benzene ring substituents is 1. The monoisotopic (exact) mass is 432 g/mol. The molecule has 0 aliphatic rings. The van der Waals surface area contributed by atoms with Gasteiger partial charge in [-0.15, -0.1) is 11.3 Å². The number of rotatable bonds is 8. The van der Waals surface area contributed by atoms with Gasteiger partial charge in [-0.05, 0) is 18.2 Å². The molecule has 0 aliphatic carbocycles. The highest BCUT2D eigenvalue weighted by Gasteiger charge is 2.18. The Kier molecular flexibility index (Phi) is 6.76. The minimum absolute atomic E-state index is 0.156. The largest absolute Gasteiger partial charge is 0.383 e. The van der Waals surface area contributed by atoms with E-state index in [0.29, 0.717) is 34.7 Å². The first-order valence-corrected chi connectivity index (χ1v) is 9.78. The van der Waals surface area contributed by atoms with Crippen LogP contribution in [0.2, 0.25) is 5.02 Å². The van der Waals surface area contributed by atoms with Gasteiger partial charge in [-0.3, -0.25) is 20.2 Å². The quantitative estimate of drug-likeness (QED) is 0.304. The van der Waals surface area contributed by atoms with Crippen molar-refractivity contribution in [1.82, 2.24) is 4.98 Å². The van der Waals surface area contributed by atoms with Crippen LogP contribution in [0.15, 0.2) is 47.8 Å². The molecule has 0 aliphatic heterocycles. The molecule has 8 nitrogen and oxygen atoms in total. The first-order valence-electron chi connectivity index (χ1n) is 8.52. The zero-order valence-corrected chi connectivity index (χ0v) is 16.9. The van der Waals surface area contributed by atoms with Crippen LogP contribution in [-0.4, -0.2) is 36.1 Å². The summed E-state index contributed by atoms with van der Waals surface area (Å²) in [7, 11) is 1.54. The molecule has 0 unspecified atom stereocenters. The number of nitro groups is 1. The fraction of sp³-hybridized carbons (Fsp3) is 0.158. The Morgan fingerprint density at radius 1 is 1.31 bits per heavy atom. The molecule has 1 aromatic heterocycles. The Balaban J connectivity index is 1.76. The molecule has 10 heteroatoms. The molecule has 0 bridgehead atoms. The third kappa shape index (κ3) is 5.08. The third-order valence-corrected chi connectivity index (χ3v) is 5.04. The summed E-state index contributed by atoms with van der Waals surface area (Å²) in [4.78, 5) is 27.7. The number of nitrogens with one attached hydrogen (secondary N) is 2. The number of benzene rings is 2. The van der Waals surface area contributed by atoms with Crippen LogP contribution in [0.4, 0.5) is 16.5 Å². The van der Waals surface area contributed by atoms with Crippen molar-refractivity contribution in [2.24, 2.45) is 0 Å². The van der Waals surface area contributed by atoms with Gasteiger partial charge in [0.2, 0.25) is 0 Å². The van der Waals surface area contributed by atoms with Crippen LogP contribution in [-0.2, 0) is 4.74 Å². The minimum atomic E-state index is -0.537. The third-order valence-electron chi connectivity index (χ3n) is 3.95. The predicted molar refractivity (Wildman–Crippen MR) is 114 cm³/mol. The number of carbonyl (C=O) groups is 1. The summed E-state index contributed by atoms with van der Waals surface area (Å²) in [5, 5.41) is 19.7. The van der Waals surface area contributed by atoms with Gasteiger partial charge < -0.3 is 10.1 Å². The molecule has 0 saturated carbocycles. The molecule has 150 valence electrons. The predicted octanol–water partition coefficient (Wildman–Crippen LogP) is 4.68. The van der Waals surface area contributed by atoms with Crippen LogP contribution in [0.3, 0.4) is 0 Å². The molecule has 0 spiro atoms. The van der Waals surface area contributed by atoms with E-state index in [1.165, 1.54) is 29.5 Å². The smallest absolute Gasteiger partial charge is 0.293 e. The topological polar surface area (TPSA) is 106 Å². The maximum Gasteiger partial charge on any atom is 0.293 e. The van der Waals surface area contributed by atoms with Crippen LogP contribution in [0.5, 0.6) is 0 Å². The van der Waals surface area contributed by atoms with Gasteiger partial charge in [0, 0.05) is 41.3 Å². The molecule has 0 atom stereocenters. The Bertz CT molecular complexity index is 1040. The number of aromatic nitrogens is 1. The lowest BCUT2D eigenvalue weighted by molar-refractivity contribution is -0.384. The van der Waals surface area contributed by atoms with Gasteiger partial charge in [-0.2, -0.15) is 0 Å². The van der Waals surface area contributed by atoms with E-state index in [0.717, 1.165) is 5.56 Å². The Labute approximate surface area is 175 Å². The molecule has 2 aromatic carbocycles. The van der Waals surface area contributed by atoms with Crippen LogP contribution in [0, 0.1) is 10.1 Å². The van der Waals surface area contributed by atoms with Gasteiger partial charge in [0.15, 0.2) is 5.13 Å². The fourth-order valence-electron chi connectivity index (χ4n) is 2.55. The van der Waals surface area contributed by atoms with E-state index in [4.69, 9.17) is 16.3 Å². The van der Waals surface area contributed by atoms with E-state index >= 15 is 0 Å². The summed E-state index contributed by atoms with van der Waals surface area (Å²) in [5.41, 5.74) is 1.68. The highest BCUT2D eigenvalue weighted by Crippen LogP contribution is 2.31. The number of thiazole rings is 1. The summed E-state index contributed by atoms with van der Waals surface area (Å²) >= 11 is 7.42. The van der Waals surface area contributed by atoms with Gasteiger partial charge in [-0.25, -0.2) is 4.98 Å². The minimum Gasteiger partial charge on any atom is -0.383 e. The van der Waals surface area contributed by atoms with Crippen molar-refractivity contribution in [2.45, 2.75) is 0 Å². The van der Waals surface area contributed by atoms with Gasteiger partial charge in [0.25, 0.3) is 11.6 Å². The van der Waals surface area contributed by atoms with E-state index in [1.54, 1.807) is 18.6 Å². The SMILES string of the molecule is COCCNc1ccc(C(=O)Nc2nc(-c3ccccc3Cl)cs2)cc1[N+](=O)[O-]. The Morgan fingerprint density at radius 3 is 2.83 bits per heavy atom. The summed E-state index contributed by atoms with van der Waals surface area (Å²) in [6, 6.07) is 11.5. The fourth-order valence-corrected chi connectivity index (χ4v) is 3.49. The molecule has 0 radical (unpaired) electrons. The van der Waals surface area contributed by atoms with Crippen molar-refractivity contribution in [3.05, 3.63) is 68.5 Å². The summed E-state index contributed by atoms with van der Waals surface area (Å²) in [5.74, 6) is -0.489. The molecule has 2 N–H and O–H groups in total. The van der Waals surface area contributed by atoms with E-state index in [-0.39, 0.29) is 11.3 Å². The average Bonchev–Trinajstić information content (AvgIpc) is 3.16. The van der Waals surface area contributed by atoms with Crippen molar-refractivity contribution >= 4 is 45.4 Å². The van der Waals surface area contributed by atoms with E-state index < -0.39 is 10.8 Å². The first kappa shape index (κ1) is 20.7. The van der Waals surface area contributed by atoms with Crippen LogP contribution in [0.1, 0.15) is 10.4 Å². The Morgan fingerprint density at radius 2 is 2.10 bits per heavy atom. The number of amides is 1. The highest BCUT2D eigenvalue weighted by atomic mass is 35.5. The van der Waals surface area contributed by atoms with Crippen molar-refractivity contribution in [3.8, 4) is 11.3 Å². The second-order valence-electron chi connectivity index (χ2n) is 5.88. The summed E-state index contributed by atoms with van der Waals surface area (Å²) in [6.45, 7) is 0.810. The molecular formula is C19H17ClN4O4S. The van der Waals surface area contributed by atoms with Crippen molar-refractivity contribution in [3.63, 3.8) is 0 Å². The van der Waals surface area contributed by atoms with Gasteiger partial charge in [0.1, 0.15) is 5.69 Å². The van der Waals surface area contributed by atoms with E-state index in [9.17, 15) is 14.9 Å². The molecule has 0 fully saturated rings. The van der Waals surface area contributed by atoms with Gasteiger partial charge >= 0.3 is 0 Å². The molecule has 1 amide bonds. The number of nitrogens with zero attached hydrogens (tertiary/aromatic N) is 2. The number of ether oxygens (including phenoxy) is 1. The summed E-state index contributed by atoms with van der Waals surface area (Å²) < 4.78 is 4.92. The maximum atomic E-state index is 12.5. The maximum absolute atomic E-state index is 12.5. The van der Waals surface area contributed by atoms with Gasteiger partial charge in [-0.1, -0.05) is 29.8 Å². The van der Waals surface area contributed by atoms with Crippen LogP contribution in [0.25, 0.3) is 11.3 Å². The van der Waals surface area contributed by atoms with Crippen molar-refractivity contribution in [2.75, 3.05) is 30.9 Å². The summed E-state index contributed by atoms with van der Waals surface area (Å²) in [6.07, 6.45) is 0. The number of halogens is 1. The molecule has 1 heterocycles. The zero-order valence-electron chi connectivity index (χ0n) is 15.3. The number of methoxy groups -OCH3 is 1. The lowest BCUT2D eigenvalue weighted by Gasteiger charge is -2.08. The lowest BCUT2D eigenvalue weighted by Crippen LogP contribution is -2.13. The molecule has 0 saturated heterocycles. The number of hydrogen-bond donors (Lipinski definition) is 2. The second-order valence-corrected chi connectivity index (χ2v) is 7.15. The van der Waals surface area contributed by atoms with Gasteiger partial charge in [0.05, 0.1) is 17.2 Å². The lowest BCUT2D eigenvalue weighted by atomic mass is 10.1. The highest BCUT2D eigenvalue weighted by molar-refractivity contribution is 7.14. The molecule has 29 heavy (non-hydrogen) atoms. The van der Waals surface area contributed by atoms with Crippen molar-refractivity contribution in [1.29, 1.82) is 0 Å². The van der Waals surface area contributed by atoms with Crippen LogP contribution >= 0.6 is 22.9 Å². The number of hydrogen-bond acceptors (Lipinski definition) is 7. The average molecular weight is 433 g/mol. The molecular weight excluding hydrogens is 416 g/mol. The van der Waals surface area contributed by atoms with Crippen LogP contribution < -0.4 is 10.6 Å². The standard InChI is InChI=1S/C19H17ClN4O4S/c1-28-9-8-21-15-7-6-12(10-17(15)24(26)27)18(25)23-19-22-16(11-29-19)13-4-2-3-5-14(13)20/h2-7,10-11,21H,8-9H2,1H3,(H,22,23,25).